The summed E-state index contributed by atoms with van der Waals surface area (Å²) in [6, 6.07) is 8.51. The van der Waals surface area contributed by atoms with Crippen LogP contribution in [0.25, 0.3) is 0 Å². The van der Waals surface area contributed by atoms with Gasteiger partial charge in [0.1, 0.15) is 0 Å². The van der Waals surface area contributed by atoms with Gasteiger partial charge in [0, 0.05) is 30.7 Å². The van der Waals surface area contributed by atoms with Crippen LogP contribution >= 0.6 is 0 Å². The van der Waals surface area contributed by atoms with Gasteiger partial charge in [-0.1, -0.05) is 6.07 Å². The van der Waals surface area contributed by atoms with Crippen molar-refractivity contribution in [2.24, 2.45) is 5.92 Å². The molecule has 1 amide bonds. The Labute approximate surface area is 177 Å². The third-order valence-electron chi connectivity index (χ3n) is 5.81. The molecule has 2 atom stereocenters. The number of hydrogen-bond donors (Lipinski definition) is 1. The predicted octanol–water partition coefficient (Wildman–Crippen LogP) is 4.50. The number of ether oxygens (including phenoxy) is 3. The Bertz CT molecular complexity index is 980. The molecule has 1 saturated heterocycles. The molecule has 2 heterocycles. The van der Waals surface area contributed by atoms with Crippen molar-refractivity contribution < 1.29 is 32.2 Å². The molecule has 0 aromatic heterocycles. The quantitative estimate of drug-likeness (QED) is 0.748. The number of nitrogens with one attached hydrogen (secondary N) is 1. The van der Waals surface area contributed by atoms with Crippen LogP contribution in [0.3, 0.4) is 0 Å². The minimum absolute atomic E-state index is 0.0369. The maximum absolute atomic E-state index is 12.8. The molecule has 0 radical (unpaired) electrons. The third-order valence-corrected chi connectivity index (χ3v) is 5.81. The number of anilines is 1. The normalized spacial score (nSPS) is 20.2. The monoisotopic (exact) mass is 436 g/mol. The molecule has 0 saturated carbocycles. The second kappa shape index (κ2) is 8.30. The first kappa shape index (κ1) is 21.3. The van der Waals surface area contributed by atoms with Crippen LogP contribution in [0, 0.1) is 5.92 Å². The molecular formula is C22H23F3N2O4. The van der Waals surface area contributed by atoms with Crippen molar-refractivity contribution in [1.29, 1.82) is 0 Å². The highest BCUT2D eigenvalue weighted by atomic mass is 19.4. The fraction of sp³-hybridized carbons (Fsp3) is 0.409. The van der Waals surface area contributed by atoms with Crippen LogP contribution in [0.5, 0.6) is 11.5 Å². The first-order valence-corrected chi connectivity index (χ1v) is 9.90. The van der Waals surface area contributed by atoms with Gasteiger partial charge in [-0.15, -0.1) is 0 Å². The zero-order chi connectivity index (χ0) is 22.2. The van der Waals surface area contributed by atoms with Gasteiger partial charge in [-0.05, 0) is 47.9 Å². The van der Waals surface area contributed by atoms with Crippen molar-refractivity contribution in [3.63, 3.8) is 0 Å². The molecule has 0 unspecified atom stereocenters. The number of methoxy groups -OCH3 is 2. The van der Waals surface area contributed by atoms with Crippen LogP contribution in [0.4, 0.5) is 23.7 Å². The van der Waals surface area contributed by atoms with Crippen molar-refractivity contribution in [2.45, 2.75) is 18.6 Å². The number of amides is 1. The summed E-state index contributed by atoms with van der Waals surface area (Å²) in [6.45, 7) is 1.86. The number of carbonyl (C=O) groups is 1. The van der Waals surface area contributed by atoms with Crippen LogP contribution in [-0.2, 0) is 17.3 Å². The predicted molar refractivity (Wildman–Crippen MR) is 107 cm³/mol. The van der Waals surface area contributed by atoms with Crippen molar-refractivity contribution in [2.75, 3.05) is 39.2 Å². The zero-order valence-corrected chi connectivity index (χ0v) is 17.2. The van der Waals surface area contributed by atoms with Crippen LogP contribution in [-0.4, -0.2) is 44.9 Å². The molecule has 2 aliphatic rings. The number of rotatable bonds is 5. The van der Waals surface area contributed by atoms with Crippen molar-refractivity contribution in [3.8, 4) is 11.5 Å². The van der Waals surface area contributed by atoms with Gasteiger partial charge in [-0.3, -0.25) is 10.2 Å². The van der Waals surface area contributed by atoms with Crippen molar-refractivity contribution in [3.05, 3.63) is 53.1 Å². The van der Waals surface area contributed by atoms with Gasteiger partial charge in [0.05, 0.1) is 26.4 Å². The largest absolute Gasteiger partial charge is 0.493 e. The molecule has 0 bridgehead atoms. The van der Waals surface area contributed by atoms with Gasteiger partial charge in [0.25, 0.3) is 0 Å². The molecule has 9 heteroatoms. The van der Waals surface area contributed by atoms with E-state index in [1.807, 2.05) is 12.1 Å². The molecule has 2 aromatic carbocycles. The Morgan fingerprint density at radius 3 is 2.61 bits per heavy atom. The van der Waals surface area contributed by atoms with E-state index >= 15 is 0 Å². The zero-order valence-electron chi connectivity index (χ0n) is 17.2. The lowest BCUT2D eigenvalue weighted by Crippen LogP contribution is -2.54. The average molecular weight is 436 g/mol. The van der Waals surface area contributed by atoms with Gasteiger partial charge >= 0.3 is 12.3 Å². The number of nitrogens with zero attached hydrogens (tertiary/aromatic N) is 1. The van der Waals surface area contributed by atoms with Gasteiger partial charge in [0.15, 0.2) is 11.5 Å². The maximum Gasteiger partial charge on any atom is 0.416 e. The van der Waals surface area contributed by atoms with E-state index in [9.17, 15) is 18.0 Å². The molecule has 0 spiro atoms. The maximum atomic E-state index is 12.8. The summed E-state index contributed by atoms with van der Waals surface area (Å²) in [7, 11) is 3.19. The van der Waals surface area contributed by atoms with Gasteiger partial charge < -0.3 is 14.2 Å². The first-order valence-electron chi connectivity index (χ1n) is 9.90. The van der Waals surface area contributed by atoms with Crippen molar-refractivity contribution in [1.82, 2.24) is 4.90 Å². The lowest BCUT2D eigenvalue weighted by atomic mass is 9.78. The SMILES string of the molecule is COc1cc2c(cc1OC)[C@H]1[C@@H](COC(=O)Nc3cccc(C(F)(F)F)c3)CN1CC2. The number of fused-ring (bicyclic) bond motifs is 3. The molecular weight excluding hydrogens is 413 g/mol. The number of benzene rings is 2. The minimum Gasteiger partial charge on any atom is -0.493 e. The number of hydrogen-bond acceptors (Lipinski definition) is 5. The molecule has 31 heavy (non-hydrogen) atoms. The van der Waals surface area contributed by atoms with E-state index < -0.39 is 17.8 Å². The van der Waals surface area contributed by atoms with E-state index in [0.717, 1.165) is 37.2 Å². The molecule has 166 valence electrons. The summed E-state index contributed by atoms with van der Waals surface area (Å²) >= 11 is 0. The van der Waals surface area contributed by atoms with Gasteiger partial charge in [0.2, 0.25) is 0 Å². The molecule has 1 N–H and O–H groups in total. The van der Waals surface area contributed by atoms with Gasteiger partial charge in [-0.25, -0.2) is 4.79 Å². The van der Waals surface area contributed by atoms with Crippen LogP contribution in [0.2, 0.25) is 0 Å². The number of halogens is 3. The van der Waals surface area contributed by atoms with E-state index in [4.69, 9.17) is 14.2 Å². The molecule has 4 rings (SSSR count). The average Bonchev–Trinajstić information content (AvgIpc) is 2.72. The van der Waals surface area contributed by atoms with Crippen LogP contribution in [0.1, 0.15) is 22.7 Å². The summed E-state index contributed by atoms with van der Waals surface area (Å²) in [5.41, 5.74) is 1.51. The van der Waals surface area contributed by atoms with Crippen LogP contribution < -0.4 is 14.8 Å². The Hall–Kier alpha value is -2.94. The summed E-state index contributed by atoms with van der Waals surface area (Å²) < 4.78 is 54.6. The van der Waals surface area contributed by atoms with Crippen LogP contribution in [0.15, 0.2) is 36.4 Å². The Morgan fingerprint density at radius 1 is 1.16 bits per heavy atom. The summed E-state index contributed by atoms with van der Waals surface area (Å²) in [6.07, 6.45) is -4.36. The summed E-state index contributed by atoms with van der Waals surface area (Å²) in [5.74, 6) is 1.42. The van der Waals surface area contributed by atoms with E-state index in [1.54, 1.807) is 14.2 Å². The lowest BCUT2D eigenvalue weighted by Gasteiger charge is -2.51. The van der Waals surface area contributed by atoms with E-state index in [0.29, 0.717) is 11.5 Å². The smallest absolute Gasteiger partial charge is 0.416 e. The second-order valence-corrected chi connectivity index (χ2v) is 7.66. The van der Waals surface area contributed by atoms with E-state index in [1.165, 1.54) is 17.7 Å². The highest BCUT2D eigenvalue weighted by Crippen LogP contribution is 2.46. The summed E-state index contributed by atoms with van der Waals surface area (Å²) in [5, 5.41) is 2.37. The first-order chi connectivity index (χ1) is 14.8. The number of carbonyl (C=O) groups excluding carboxylic acids is 1. The third kappa shape index (κ3) is 4.27. The number of alkyl halides is 3. The highest BCUT2D eigenvalue weighted by molar-refractivity contribution is 5.84. The second-order valence-electron chi connectivity index (χ2n) is 7.66. The fourth-order valence-corrected chi connectivity index (χ4v) is 4.30. The highest BCUT2D eigenvalue weighted by Gasteiger charge is 2.44. The Kier molecular flexibility index (Phi) is 5.70. The Balaban J connectivity index is 1.40. The molecule has 0 aliphatic carbocycles. The lowest BCUT2D eigenvalue weighted by molar-refractivity contribution is -0.137. The molecule has 2 aromatic rings. The molecule has 2 aliphatic heterocycles. The molecule has 1 fully saturated rings. The minimum atomic E-state index is -4.48. The van der Waals surface area contributed by atoms with Gasteiger partial charge in [-0.2, -0.15) is 13.2 Å². The fourth-order valence-electron chi connectivity index (χ4n) is 4.30. The van der Waals surface area contributed by atoms with E-state index in [-0.39, 0.29) is 24.3 Å². The standard InChI is InChI=1S/C22H23F3N2O4/c1-29-18-8-13-6-7-27-11-14(20(27)17(13)10-19(18)30-2)12-31-21(28)26-16-5-3-4-15(9-16)22(23,24)25/h3-5,8-10,14,20H,6-7,11-12H2,1-2H3,(H,26,28)/t14-,20-/m1/s1. The molecule has 6 nitrogen and oxygen atoms in total. The summed E-state index contributed by atoms with van der Waals surface area (Å²) in [4.78, 5) is 14.5. The topological polar surface area (TPSA) is 60.0 Å². The Morgan fingerprint density at radius 2 is 1.90 bits per heavy atom. The van der Waals surface area contributed by atoms with Crippen molar-refractivity contribution >= 4 is 11.8 Å². The van der Waals surface area contributed by atoms with E-state index in [2.05, 4.69) is 10.2 Å².